The van der Waals surface area contributed by atoms with Crippen LogP contribution in [0.25, 0.3) is 0 Å². The highest BCUT2D eigenvalue weighted by Crippen LogP contribution is 2.21. The standard InChI is InChI=1S/C20H23BrN2O4/c1-13-4-3-5-16(14(13)2)26-12-19(24)23-10-8-15(9-11-23)22-20(25)17-6-7-18(21)27-17/h3-7,15H,8-12H2,1-2H3,(H,22,25). The van der Waals surface area contributed by atoms with Crippen LogP contribution >= 0.6 is 15.9 Å². The number of halogens is 1. The van der Waals surface area contributed by atoms with Gasteiger partial charge in [0.25, 0.3) is 11.8 Å². The summed E-state index contributed by atoms with van der Waals surface area (Å²) in [6.07, 6.45) is 1.42. The quantitative estimate of drug-likeness (QED) is 0.781. The van der Waals surface area contributed by atoms with E-state index in [9.17, 15) is 9.59 Å². The molecule has 0 bridgehead atoms. The predicted octanol–water partition coefficient (Wildman–Crippen LogP) is 3.46. The Kier molecular flexibility index (Phi) is 6.21. The number of likely N-dealkylation sites (tertiary alicyclic amines) is 1. The van der Waals surface area contributed by atoms with Crippen LogP contribution in [0.5, 0.6) is 5.75 Å². The van der Waals surface area contributed by atoms with Crippen molar-refractivity contribution >= 4 is 27.7 Å². The first-order valence-electron chi connectivity index (χ1n) is 8.97. The molecule has 0 atom stereocenters. The summed E-state index contributed by atoms with van der Waals surface area (Å²) in [5.41, 5.74) is 2.19. The molecule has 1 aliphatic heterocycles. The van der Waals surface area contributed by atoms with Crippen LogP contribution in [-0.2, 0) is 4.79 Å². The molecule has 144 valence electrons. The first-order chi connectivity index (χ1) is 12.9. The van der Waals surface area contributed by atoms with E-state index in [1.165, 1.54) is 0 Å². The van der Waals surface area contributed by atoms with Crippen LogP contribution in [0.2, 0.25) is 0 Å². The molecule has 1 aromatic heterocycles. The number of benzene rings is 1. The molecule has 7 heteroatoms. The Morgan fingerprint density at radius 1 is 1.22 bits per heavy atom. The van der Waals surface area contributed by atoms with Gasteiger partial charge < -0.3 is 19.4 Å². The second-order valence-corrected chi connectivity index (χ2v) is 7.50. The van der Waals surface area contributed by atoms with Gasteiger partial charge in [-0.25, -0.2) is 0 Å². The number of nitrogens with one attached hydrogen (secondary N) is 1. The molecular weight excluding hydrogens is 412 g/mol. The molecule has 1 saturated heterocycles. The summed E-state index contributed by atoms with van der Waals surface area (Å²) in [5.74, 6) is 0.761. The summed E-state index contributed by atoms with van der Waals surface area (Å²) < 4.78 is 11.5. The Bertz CT molecular complexity index is 825. The average Bonchev–Trinajstić information content (AvgIpc) is 3.10. The van der Waals surface area contributed by atoms with Gasteiger partial charge in [-0.05, 0) is 71.9 Å². The summed E-state index contributed by atoms with van der Waals surface area (Å²) in [7, 11) is 0. The van der Waals surface area contributed by atoms with Crippen LogP contribution in [-0.4, -0.2) is 42.5 Å². The van der Waals surface area contributed by atoms with Crippen molar-refractivity contribution in [2.24, 2.45) is 0 Å². The van der Waals surface area contributed by atoms with Gasteiger partial charge in [0.1, 0.15) is 5.75 Å². The summed E-state index contributed by atoms with van der Waals surface area (Å²) in [6.45, 7) is 5.23. The van der Waals surface area contributed by atoms with Crippen LogP contribution in [0.15, 0.2) is 39.4 Å². The summed E-state index contributed by atoms with van der Waals surface area (Å²) in [5, 5.41) is 2.96. The normalized spacial score (nSPS) is 14.9. The minimum absolute atomic E-state index is 0.0295. The fourth-order valence-electron chi connectivity index (χ4n) is 3.08. The first kappa shape index (κ1) is 19.5. The Morgan fingerprint density at radius 2 is 1.96 bits per heavy atom. The second kappa shape index (κ2) is 8.61. The van der Waals surface area contributed by atoms with Crippen molar-refractivity contribution in [2.75, 3.05) is 19.7 Å². The molecule has 1 aliphatic rings. The number of carbonyl (C=O) groups excluding carboxylic acids is 2. The number of carbonyl (C=O) groups is 2. The van der Waals surface area contributed by atoms with Crippen molar-refractivity contribution in [2.45, 2.75) is 32.7 Å². The molecule has 1 aromatic carbocycles. The van der Waals surface area contributed by atoms with Gasteiger partial charge in [-0.3, -0.25) is 9.59 Å². The average molecular weight is 435 g/mol. The van der Waals surface area contributed by atoms with Gasteiger partial charge in [0, 0.05) is 19.1 Å². The van der Waals surface area contributed by atoms with Gasteiger partial charge in [0.15, 0.2) is 17.0 Å². The third-order valence-electron chi connectivity index (χ3n) is 4.89. The molecule has 2 heterocycles. The van der Waals surface area contributed by atoms with Crippen LogP contribution in [0.1, 0.15) is 34.5 Å². The van der Waals surface area contributed by atoms with Crippen molar-refractivity contribution < 1.29 is 18.7 Å². The Morgan fingerprint density at radius 3 is 2.63 bits per heavy atom. The largest absolute Gasteiger partial charge is 0.483 e. The number of ether oxygens (including phenoxy) is 1. The number of furan rings is 1. The van der Waals surface area contributed by atoms with Gasteiger partial charge in [-0.15, -0.1) is 0 Å². The van der Waals surface area contributed by atoms with Crippen LogP contribution in [0.3, 0.4) is 0 Å². The molecule has 3 rings (SSSR count). The van der Waals surface area contributed by atoms with E-state index in [1.54, 1.807) is 17.0 Å². The van der Waals surface area contributed by atoms with Gasteiger partial charge in [0.05, 0.1) is 0 Å². The van der Waals surface area contributed by atoms with E-state index < -0.39 is 0 Å². The lowest BCUT2D eigenvalue weighted by atomic mass is 10.0. The number of amides is 2. The smallest absolute Gasteiger partial charge is 0.287 e. The second-order valence-electron chi connectivity index (χ2n) is 6.72. The minimum Gasteiger partial charge on any atom is -0.483 e. The maximum absolute atomic E-state index is 12.4. The van der Waals surface area contributed by atoms with E-state index in [2.05, 4.69) is 21.2 Å². The first-order valence-corrected chi connectivity index (χ1v) is 9.76. The lowest BCUT2D eigenvalue weighted by Crippen LogP contribution is -2.47. The molecule has 0 spiro atoms. The molecule has 2 amide bonds. The number of hydrogen-bond donors (Lipinski definition) is 1. The van der Waals surface area contributed by atoms with Crippen molar-refractivity contribution in [3.8, 4) is 5.75 Å². The fraction of sp³-hybridized carbons (Fsp3) is 0.400. The Balaban J connectivity index is 1.45. The van der Waals surface area contributed by atoms with E-state index >= 15 is 0 Å². The summed E-state index contributed by atoms with van der Waals surface area (Å²) in [4.78, 5) is 26.3. The lowest BCUT2D eigenvalue weighted by molar-refractivity contribution is -0.134. The van der Waals surface area contributed by atoms with Crippen molar-refractivity contribution in [1.82, 2.24) is 10.2 Å². The molecule has 2 aromatic rings. The lowest BCUT2D eigenvalue weighted by Gasteiger charge is -2.32. The van der Waals surface area contributed by atoms with Crippen molar-refractivity contribution in [3.63, 3.8) is 0 Å². The van der Waals surface area contributed by atoms with E-state index in [0.29, 0.717) is 30.6 Å². The van der Waals surface area contributed by atoms with Crippen molar-refractivity contribution in [3.05, 3.63) is 51.9 Å². The summed E-state index contributed by atoms with van der Waals surface area (Å²) >= 11 is 3.19. The zero-order valence-corrected chi connectivity index (χ0v) is 17.0. The Labute approximate surface area is 167 Å². The molecule has 0 unspecified atom stereocenters. The molecule has 6 nitrogen and oxygen atoms in total. The highest BCUT2D eigenvalue weighted by molar-refractivity contribution is 9.10. The number of hydrogen-bond acceptors (Lipinski definition) is 4. The monoisotopic (exact) mass is 434 g/mol. The molecule has 1 fully saturated rings. The Hall–Kier alpha value is -2.28. The van der Waals surface area contributed by atoms with Crippen LogP contribution in [0, 0.1) is 13.8 Å². The molecular formula is C20H23BrN2O4. The third-order valence-corrected chi connectivity index (χ3v) is 5.31. The third kappa shape index (κ3) is 4.91. The van der Waals surface area contributed by atoms with Gasteiger partial charge >= 0.3 is 0 Å². The van der Waals surface area contributed by atoms with Crippen LogP contribution in [0.4, 0.5) is 0 Å². The molecule has 0 aliphatic carbocycles. The highest BCUT2D eigenvalue weighted by atomic mass is 79.9. The van der Waals surface area contributed by atoms with Gasteiger partial charge in [-0.2, -0.15) is 0 Å². The molecule has 1 N–H and O–H groups in total. The zero-order chi connectivity index (χ0) is 19.4. The highest BCUT2D eigenvalue weighted by Gasteiger charge is 2.25. The molecule has 0 saturated carbocycles. The minimum atomic E-state index is -0.233. The number of nitrogens with zero attached hydrogens (tertiary/aromatic N) is 1. The number of rotatable bonds is 5. The van der Waals surface area contributed by atoms with Gasteiger partial charge in [0.2, 0.25) is 0 Å². The van der Waals surface area contributed by atoms with Crippen LogP contribution < -0.4 is 10.1 Å². The number of piperidine rings is 1. The van der Waals surface area contributed by atoms with E-state index in [0.717, 1.165) is 16.9 Å². The fourth-order valence-corrected chi connectivity index (χ4v) is 3.38. The number of aryl methyl sites for hydroxylation is 1. The van der Waals surface area contributed by atoms with Gasteiger partial charge in [-0.1, -0.05) is 12.1 Å². The maximum Gasteiger partial charge on any atom is 0.287 e. The molecule has 0 radical (unpaired) electrons. The van der Waals surface area contributed by atoms with E-state index in [4.69, 9.17) is 9.15 Å². The zero-order valence-electron chi connectivity index (χ0n) is 15.5. The van der Waals surface area contributed by atoms with E-state index in [1.807, 2.05) is 32.0 Å². The van der Waals surface area contributed by atoms with Crippen molar-refractivity contribution in [1.29, 1.82) is 0 Å². The van der Waals surface area contributed by atoms with E-state index in [-0.39, 0.29) is 30.2 Å². The predicted molar refractivity (Wildman–Crippen MR) is 105 cm³/mol. The molecule has 27 heavy (non-hydrogen) atoms. The summed E-state index contributed by atoms with van der Waals surface area (Å²) in [6, 6.07) is 9.17. The maximum atomic E-state index is 12.4. The SMILES string of the molecule is Cc1cccc(OCC(=O)N2CCC(NC(=O)c3ccc(Br)o3)CC2)c1C. The topological polar surface area (TPSA) is 71.8 Å².